The molecule has 0 atom stereocenters. The Morgan fingerprint density at radius 1 is 0.395 bits per heavy atom. The van der Waals surface area contributed by atoms with E-state index < -0.39 is 0 Å². The van der Waals surface area contributed by atoms with Crippen LogP contribution in [0.3, 0.4) is 0 Å². The minimum atomic E-state index is 0.915. The molecule has 0 saturated carbocycles. The van der Waals surface area contributed by atoms with Crippen LogP contribution in [-0.4, -0.2) is 4.57 Å². The van der Waals surface area contributed by atoms with Crippen LogP contribution >= 0.6 is 0 Å². The van der Waals surface area contributed by atoms with Gasteiger partial charge in [0.05, 0.1) is 11.0 Å². The summed E-state index contributed by atoms with van der Waals surface area (Å²) in [5.74, 6) is 0. The topological polar surface area (TPSA) is 31.2 Å². The molecule has 7 aromatic carbocycles. The first-order valence-corrected chi connectivity index (χ1v) is 14.6. The normalized spacial score (nSPS) is 12.2. The van der Waals surface area contributed by atoms with Crippen molar-refractivity contribution in [3.8, 4) is 16.8 Å². The summed E-state index contributed by atoms with van der Waals surface area (Å²) in [5, 5.41) is 9.50. The molecule has 10 rings (SSSR count). The second kappa shape index (κ2) is 8.37. The molecule has 0 spiro atoms. The van der Waals surface area contributed by atoms with Crippen LogP contribution in [0.25, 0.3) is 93.3 Å². The summed E-state index contributed by atoms with van der Waals surface area (Å²) in [6.45, 7) is 0. The largest absolute Gasteiger partial charge is 0.456 e. The maximum Gasteiger partial charge on any atom is 0.143 e. The molecule has 0 aliphatic carbocycles. The van der Waals surface area contributed by atoms with Gasteiger partial charge in [-0.15, -0.1) is 0 Å². The van der Waals surface area contributed by atoms with Gasteiger partial charge in [0, 0.05) is 49.0 Å². The lowest BCUT2D eigenvalue weighted by molar-refractivity contribution is 0.669. The molecule has 10 aromatic rings. The van der Waals surface area contributed by atoms with E-state index in [1.54, 1.807) is 0 Å². The van der Waals surface area contributed by atoms with E-state index in [0.717, 1.165) is 55.3 Å². The molecular formula is C40H23NO2. The Kier molecular flexibility index (Phi) is 4.45. The zero-order valence-corrected chi connectivity index (χ0v) is 23.0. The van der Waals surface area contributed by atoms with Gasteiger partial charge in [-0.05, 0) is 53.4 Å². The third-order valence-corrected chi connectivity index (χ3v) is 9.01. The quantitative estimate of drug-likeness (QED) is 0.215. The number of hydrogen-bond donors (Lipinski definition) is 0. The van der Waals surface area contributed by atoms with Crippen molar-refractivity contribution in [2.75, 3.05) is 0 Å². The van der Waals surface area contributed by atoms with Gasteiger partial charge < -0.3 is 13.4 Å². The van der Waals surface area contributed by atoms with Gasteiger partial charge in [0.25, 0.3) is 0 Å². The molecule has 0 bridgehead atoms. The van der Waals surface area contributed by atoms with Crippen molar-refractivity contribution in [2.45, 2.75) is 0 Å². The number of benzene rings is 7. The van der Waals surface area contributed by atoms with Crippen molar-refractivity contribution in [1.29, 1.82) is 0 Å². The van der Waals surface area contributed by atoms with Crippen molar-refractivity contribution in [3.05, 3.63) is 140 Å². The molecule has 0 saturated heterocycles. The number of aromatic nitrogens is 1. The highest BCUT2D eigenvalue weighted by molar-refractivity contribution is 6.26. The summed E-state index contributed by atoms with van der Waals surface area (Å²) in [7, 11) is 0. The monoisotopic (exact) mass is 549 g/mol. The molecule has 0 fully saturated rings. The van der Waals surface area contributed by atoms with Crippen LogP contribution in [0.2, 0.25) is 0 Å². The first kappa shape index (κ1) is 22.8. The SMILES string of the molecule is c1ccc2c(c1)oc1c(-c3ccc(-n4c5ccccc5c5ccc6c(ccc7oc8ccccc8c76)c54)cc3)cccc12. The lowest BCUT2D eigenvalue weighted by atomic mass is 10.0. The lowest BCUT2D eigenvalue weighted by Crippen LogP contribution is -1.94. The highest BCUT2D eigenvalue weighted by Gasteiger charge is 2.18. The average Bonchev–Trinajstić information content (AvgIpc) is 3.74. The molecule has 0 unspecified atom stereocenters. The van der Waals surface area contributed by atoms with Crippen molar-refractivity contribution in [2.24, 2.45) is 0 Å². The van der Waals surface area contributed by atoms with E-state index in [1.165, 1.54) is 38.0 Å². The summed E-state index contributed by atoms with van der Waals surface area (Å²) in [5.41, 5.74) is 9.42. The van der Waals surface area contributed by atoms with E-state index in [4.69, 9.17) is 8.83 Å². The van der Waals surface area contributed by atoms with Crippen LogP contribution in [0.1, 0.15) is 0 Å². The first-order valence-electron chi connectivity index (χ1n) is 14.6. The Bertz CT molecular complexity index is 2720. The highest BCUT2D eigenvalue weighted by atomic mass is 16.3. The second-order valence-corrected chi connectivity index (χ2v) is 11.3. The summed E-state index contributed by atoms with van der Waals surface area (Å²) in [4.78, 5) is 0. The van der Waals surface area contributed by atoms with E-state index >= 15 is 0 Å². The summed E-state index contributed by atoms with van der Waals surface area (Å²) < 4.78 is 15.0. The fourth-order valence-electron chi connectivity index (χ4n) is 7.12. The summed E-state index contributed by atoms with van der Waals surface area (Å²) >= 11 is 0. The third kappa shape index (κ3) is 3.08. The first-order chi connectivity index (χ1) is 21.3. The molecular weight excluding hydrogens is 526 g/mol. The molecule has 200 valence electrons. The van der Waals surface area contributed by atoms with Gasteiger partial charge in [-0.25, -0.2) is 0 Å². The van der Waals surface area contributed by atoms with Crippen molar-refractivity contribution in [3.63, 3.8) is 0 Å². The van der Waals surface area contributed by atoms with Crippen LogP contribution in [0.5, 0.6) is 0 Å². The molecule has 43 heavy (non-hydrogen) atoms. The number of rotatable bonds is 2. The van der Waals surface area contributed by atoms with Crippen LogP contribution in [0, 0.1) is 0 Å². The van der Waals surface area contributed by atoms with Gasteiger partial charge >= 0.3 is 0 Å². The Morgan fingerprint density at radius 3 is 1.91 bits per heavy atom. The number of hydrogen-bond acceptors (Lipinski definition) is 2. The van der Waals surface area contributed by atoms with Crippen molar-refractivity contribution >= 4 is 76.5 Å². The fourth-order valence-corrected chi connectivity index (χ4v) is 7.12. The number of fused-ring (bicyclic) bond motifs is 12. The molecule has 0 aliphatic rings. The Labute approximate surface area is 245 Å². The minimum absolute atomic E-state index is 0.915. The minimum Gasteiger partial charge on any atom is -0.456 e. The predicted octanol–water partition coefficient (Wildman–Crippen LogP) is 11.4. The molecule has 3 heterocycles. The molecule has 3 aromatic heterocycles. The average molecular weight is 550 g/mol. The molecule has 3 nitrogen and oxygen atoms in total. The van der Waals surface area contributed by atoms with E-state index in [9.17, 15) is 0 Å². The molecule has 0 radical (unpaired) electrons. The van der Waals surface area contributed by atoms with E-state index in [-0.39, 0.29) is 0 Å². The van der Waals surface area contributed by atoms with Crippen molar-refractivity contribution in [1.82, 2.24) is 4.57 Å². The zero-order valence-electron chi connectivity index (χ0n) is 23.0. The van der Waals surface area contributed by atoms with Gasteiger partial charge in [-0.1, -0.05) is 97.1 Å². The Hall–Kier alpha value is -5.80. The predicted molar refractivity (Wildman–Crippen MR) is 178 cm³/mol. The van der Waals surface area contributed by atoms with Gasteiger partial charge in [0.2, 0.25) is 0 Å². The van der Waals surface area contributed by atoms with Gasteiger partial charge in [-0.2, -0.15) is 0 Å². The van der Waals surface area contributed by atoms with E-state index in [1.807, 2.05) is 24.3 Å². The third-order valence-electron chi connectivity index (χ3n) is 9.01. The molecule has 0 N–H and O–H groups in total. The molecule has 0 aliphatic heterocycles. The number of para-hydroxylation sites is 4. The zero-order chi connectivity index (χ0) is 28.1. The van der Waals surface area contributed by atoms with Gasteiger partial charge in [0.1, 0.15) is 22.3 Å². The number of furan rings is 2. The van der Waals surface area contributed by atoms with Gasteiger partial charge in [0.15, 0.2) is 0 Å². The summed E-state index contributed by atoms with van der Waals surface area (Å²) in [6.07, 6.45) is 0. The Morgan fingerprint density at radius 2 is 1.05 bits per heavy atom. The van der Waals surface area contributed by atoms with Crippen molar-refractivity contribution < 1.29 is 8.83 Å². The summed E-state index contributed by atoms with van der Waals surface area (Å²) in [6, 6.07) is 49.4. The lowest BCUT2D eigenvalue weighted by Gasteiger charge is -2.11. The van der Waals surface area contributed by atoms with Crippen LogP contribution in [-0.2, 0) is 0 Å². The maximum atomic E-state index is 6.35. The molecule has 3 heteroatoms. The van der Waals surface area contributed by atoms with E-state index in [2.05, 4.69) is 120 Å². The maximum absolute atomic E-state index is 6.35. The van der Waals surface area contributed by atoms with Gasteiger partial charge in [-0.3, -0.25) is 0 Å². The second-order valence-electron chi connectivity index (χ2n) is 11.3. The van der Waals surface area contributed by atoms with E-state index in [0.29, 0.717) is 0 Å². The molecule has 0 amide bonds. The smallest absolute Gasteiger partial charge is 0.143 e. The number of nitrogens with zero attached hydrogens (tertiary/aromatic N) is 1. The van der Waals surface area contributed by atoms with Crippen LogP contribution in [0.4, 0.5) is 0 Å². The van der Waals surface area contributed by atoms with Crippen LogP contribution < -0.4 is 0 Å². The fraction of sp³-hybridized carbons (Fsp3) is 0. The highest BCUT2D eigenvalue weighted by Crippen LogP contribution is 2.42. The standard InChI is InChI=1S/C40H23NO2/c1-4-13-34-27(8-1)30-21-20-29-31(22-23-37-38(29)33-10-3-6-15-36(33)42-37)39(30)41(34)25-18-16-24(17-19-25)26-11-7-12-32-28-9-2-5-14-35(28)43-40(26)32/h1-23H. The van der Waals surface area contributed by atoms with Crippen LogP contribution in [0.15, 0.2) is 148 Å². The Balaban J connectivity index is 1.23.